The van der Waals surface area contributed by atoms with E-state index in [-0.39, 0.29) is 0 Å². The maximum absolute atomic E-state index is 2.16. The number of hydrogen-bond acceptors (Lipinski definition) is 0. The molecule has 0 saturated carbocycles. The molecule has 0 fully saturated rings. The van der Waals surface area contributed by atoms with Crippen LogP contribution in [0.1, 0.15) is 12.5 Å². The van der Waals surface area contributed by atoms with E-state index in [1.165, 1.54) is 5.56 Å². The Bertz CT molecular complexity index is 181. The van der Waals surface area contributed by atoms with Gasteiger partial charge in [-0.2, -0.15) is 4.68 Å². The van der Waals surface area contributed by atoms with Gasteiger partial charge in [0.2, 0.25) is 0 Å². The second kappa shape index (κ2) is 2.21. The third kappa shape index (κ3) is 1.12. The smallest absolute Gasteiger partial charge is 0.164 e. The average Bonchev–Trinajstić information content (AvgIpc) is 2.13. The van der Waals surface area contributed by atoms with Gasteiger partial charge in [-0.15, -0.1) is 4.68 Å². The molecule has 0 aliphatic rings. The molecule has 1 aromatic heterocycles. The molecule has 0 unspecified atom stereocenters. The first-order chi connectivity index (χ1) is 4.24. The highest BCUT2D eigenvalue weighted by molar-refractivity contribution is 4.98. The van der Waals surface area contributed by atoms with Crippen LogP contribution < -0.4 is 4.68 Å². The maximum Gasteiger partial charge on any atom is 0.198 e. The second-order valence-electron chi connectivity index (χ2n) is 2.33. The van der Waals surface area contributed by atoms with E-state index in [1.54, 1.807) is 0 Å². The van der Waals surface area contributed by atoms with Crippen molar-refractivity contribution in [2.45, 2.75) is 13.3 Å². The normalized spacial score (nSPS) is 10.1. The van der Waals surface area contributed by atoms with Crippen molar-refractivity contribution in [2.24, 2.45) is 14.1 Å². The predicted molar refractivity (Wildman–Crippen MR) is 36.0 cm³/mol. The Labute approximate surface area is 55.7 Å². The van der Waals surface area contributed by atoms with Crippen molar-refractivity contribution in [3.8, 4) is 0 Å². The standard InChI is InChI=1S/C7H13N2/c1-4-7-5-8(2)9(3)6-7/h5-6H,4H2,1-3H3/q+1. The zero-order chi connectivity index (χ0) is 6.85. The van der Waals surface area contributed by atoms with Crippen LogP contribution in [0.2, 0.25) is 0 Å². The molecule has 0 N–H and O–H groups in total. The summed E-state index contributed by atoms with van der Waals surface area (Å²) in [5.74, 6) is 0. The molecule has 0 aliphatic carbocycles. The van der Waals surface area contributed by atoms with Crippen molar-refractivity contribution in [1.82, 2.24) is 4.68 Å². The zero-order valence-electron chi connectivity index (χ0n) is 6.26. The fourth-order valence-corrected chi connectivity index (χ4v) is 0.878. The molecule has 0 aliphatic heterocycles. The van der Waals surface area contributed by atoms with Gasteiger partial charge in [0, 0.05) is 5.56 Å². The van der Waals surface area contributed by atoms with Gasteiger partial charge >= 0.3 is 0 Å². The van der Waals surface area contributed by atoms with E-state index in [0.29, 0.717) is 0 Å². The van der Waals surface area contributed by atoms with Gasteiger partial charge in [-0.3, -0.25) is 0 Å². The van der Waals surface area contributed by atoms with E-state index in [4.69, 9.17) is 0 Å². The van der Waals surface area contributed by atoms with Crippen LogP contribution >= 0.6 is 0 Å². The minimum absolute atomic E-state index is 1.12. The van der Waals surface area contributed by atoms with Crippen LogP contribution in [0.15, 0.2) is 12.4 Å². The number of aryl methyl sites for hydroxylation is 3. The summed E-state index contributed by atoms with van der Waals surface area (Å²) in [6.07, 6.45) is 5.40. The molecule has 50 valence electrons. The molecule has 0 radical (unpaired) electrons. The molecule has 0 spiro atoms. The van der Waals surface area contributed by atoms with Gasteiger partial charge in [-0.1, -0.05) is 6.92 Å². The van der Waals surface area contributed by atoms with Crippen LogP contribution in [0, 0.1) is 0 Å². The summed E-state index contributed by atoms with van der Waals surface area (Å²) in [7, 11) is 4.08. The molecule has 1 heterocycles. The van der Waals surface area contributed by atoms with Crippen molar-refractivity contribution in [1.29, 1.82) is 0 Å². The summed E-state index contributed by atoms with van der Waals surface area (Å²) in [6, 6.07) is 0. The molecule has 0 bridgehead atoms. The van der Waals surface area contributed by atoms with E-state index in [2.05, 4.69) is 28.7 Å². The largest absolute Gasteiger partial charge is 0.198 e. The Morgan fingerprint density at radius 2 is 2.33 bits per heavy atom. The van der Waals surface area contributed by atoms with Crippen molar-refractivity contribution >= 4 is 0 Å². The lowest BCUT2D eigenvalue weighted by Crippen LogP contribution is -2.35. The van der Waals surface area contributed by atoms with Crippen LogP contribution in [0.5, 0.6) is 0 Å². The molecule has 0 saturated heterocycles. The molecule has 9 heavy (non-hydrogen) atoms. The van der Waals surface area contributed by atoms with Crippen LogP contribution in [-0.4, -0.2) is 4.68 Å². The number of hydrogen-bond donors (Lipinski definition) is 0. The van der Waals surface area contributed by atoms with Gasteiger partial charge in [0.05, 0.1) is 13.2 Å². The van der Waals surface area contributed by atoms with Crippen LogP contribution in [0.4, 0.5) is 0 Å². The molecule has 1 aromatic rings. The summed E-state index contributed by atoms with van der Waals surface area (Å²) in [4.78, 5) is 0. The van der Waals surface area contributed by atoms with Gasteiger partial charge in [0.15, 0.2) is 13.2 Å². The molecule has 0 atom stereocenters. The Morgan fingerprint density at radius 3 is 2.56 bits per heavy atom. The molecular formula is C7H13N2+. The van der Waals surface area contributed by atoms with E-state index in [1.807, 2.05) is 14.1 Å². The molecular weight excluding hydrogens is 112 g/mol. The summed E-state index contributed by atoms with van der Waals surface area (Å²) in [5, 5.41) is 0. The molecule has 2 nitrogen and oxygen atoms in total. The fourth-order valence-electron chi connectivity index (χ4n) is 0.878. The van der Waals surface area contributed by atoms with Crippen molar-refractivity contribution < 1.29 is 4.68 Å². The summed E-state index contributed by atoms with van der Waals surface area (Å²) in [6.45, 7) is 2.16. The predicted octanol–water partition coefficient (Wildman–Crippen LogP) is 0.412. The third-order valence-corrected chi connectivity index (χ3v) is 1.61. The quantitative estimate of drug-likeness (QED) is 0.481. The topological polar surface area (TPSA) is 8.81 Å². The maximum atomic E-state index is 2.16. The average molecular weight is 125 g/mol. The molecule has 2 heteroatoms. The first-order valence-corrected chi connectivity index (χ1v) is 3.25. The first kappa shape index (κ1) is 6.33. The Hall–Kier alpha value is -0.790. The van der Waals surface area contributed by atoms with Gasteiger partial charge in [0.1, 0.15) is 0 Å². The second-order valence-corrected chi connectivity index (χ2v) is 2.33. The van der Waals surface area contributed by atoms with E-state index >= 15 is 0 Å². The minimum atomic E-state index is 1.12. The number of rotatable bonds is 1. The lowest BCUT2D eigenvalue weighted by atomic mass is 10.3. The van der Waals surface area contributed by atoms with Crippen LogP contribution in [0.25, 0.3) is 0 Å². The number of nitrogens with zero attached hydrogens (tertiary/aromatic N) is 2. The highest BCUT2D eigenvalue weighted by Crippen LogP contribution is 1.92. The Balaban J connectivity index is 2.98. The Morgan fingerprint density at radius 1 is 1.67 bits per heavy atom. The van der Waals surface area contributed by atoms with E-state index in [9.17, 15) is 0 Å². The minimum Gasteiger partial charge on any atom is -0.164 e. The SMILES string of the molecule is CCc1cn(C)[n+](C)c1. The number of aromatic nitrogens is 2. The lowest BCUT2D eigenvalue weighted by molar-refractivity contribution is -0.751. The van der Waals surface area contributed by atoms with Gasteiger partial charge in [0.25, 0.3) is 0 Å². The zero-order valence-corrected chi connectivity index (χ0v) is 6.26. The van der Waals surface area contributed by atoms with E-state index < -0.39 is 0 Å². The van der Waals surface area contributed by atoms with Crippen molar-refractivity contribution in [2.75, 3.05) is 0 Å². The van der Waals surface area contributed by atoms with Crippen LogP contribution in [0.3, 0.4) is 0 Å². The van der Waals surface area contributed by atoms with E-state index in [0.717, 1.165) is 6.42 Å². The van der Waals surface area contributed by atoms with Crippen molar-refractivity contribution in [3.05, 3.63) is 18.0 Å². The monoisotopic (exact) mass is 125 g/mol. The third-order valence-electron chi connectivity index (χ3n) is 1.61. The highest BCUT2D eigenvalue weighted by atomic mass is 15.4. The summed E-state index contributed by atoms with van der Waals surface area (Å²) >= 11 is 0. The lowest BCUT2D eigenvalue weighted by Gasteiger charge is -1.82. The molecule has 0 amide bonds. The van der Waals surface area contributed by atoms with Gasteiger partial charge in [-0.25, -0.2) is 0 Å². The van der Waals surface area contributed by atoms with Gasteiger partial charge in [-0.05, 0) is 6.42 Å². The van der Waals surface area contributed by atoms with Gasteiger partial charge < -0.3 is 0 Å². The first-order valence-electron chi connectivity index (χ1n) is 3.25. The highest BCUT2D eigenvalue weighted by Gasteiger charge is 2.00. The summed E-state index contributed by atoms with van der Waals surface area (Å²) < 4.78 is 4.14. The van der Waals surface area contributed by atoms with Crippen molar-refractivity contribution in [3.63, 3.8) is 0 Å². The molecule has 1 rings (SSSR count). The fraction of sp³-hybridized carbons (Fsp3) is 0.571. The Kier molecular flexibility index (Phi) is 1.56. The van der Waals surface area contributed by atoms with Crippen LogP contribution in [-0.2, 0) is 20.5 Å². The molecule has 0 aromatic carbocycles. The summed E-state index contributed by atoms with van der Waals surface area (Å²) in [5.41, 5.74) is 1.39.